The molecular formula is C29H25Cl2N3O. The van der Waals surface area contributed by atoms with Crippen LogP contribution < -0.4 is 10.7 Å². The maximum Gasteiger partial charge on any atom is 0.238 e. The van der Waals surface area contributed by atoms with Gasteiger partial charge in [0.25, 0.3) is 0 Å². The molecule has 1 aromatic heterocycles. The lowest BCUT2D eigenvalue weighted by atomic mass is 9.96. The van der Waals surface area contributed by atoms with Crippen molar-refractivity contribution in [1.82, 2.24) is 4.68 Å². The second kappa shape index (κ2) is 9.74. The number of carbonyl (C=O) groups excluding carboxylic acids is 1. The number of halogens is 2. The van der Waals surface area contributed by atoms with E-state index in [2.05, 4.69) is 60.7 Å². The highest BCUT2D eigenvalue weighted by atomic mass is 35.5. The van der Waals surface area contributed by atoms with Crippen molar-refractivity contribution in [3.05, 3.63) is 106 Å². The largest absolute Gasteiger partial charge is 0.330 e. The van der Waals surface area contributed by atoms with Gasteiger partial charge in [0.15, 0.2) is 0 Å². The van der Waals surface area contributed by atoms with Crippen molar-refractivity contribution in [2.24, 2.45) is 5.73 Å². The van der Waals surface area contributed by atoms with Gasteiger partial charge < -0.3 is 5.73 Å². The van der Waals surface area contributed by atoms with Gasteiger partial charge in [-0.25, -0.2) is 5.01 Å². The summed E-state index contributed by atoms with van der Waals surface area (Å²) in [5.74, 6) is -0.0923. The molecule has 1 amide bonds. The molecule has 0 atom stereocenters. The van der Waals surface area contributed by atoms with E-state index in [9.17, 15) is 4.79 Å². The molecular weight excluding hydrogens is 477 g/mol. The lowest BCUT2D eigenvalue weighted by Crippen LogP contribution is -2.37. The Balaban J connectivity index is 1.64. The van der Waals surface area contributed by atoms with E-state index in [0.29, 0.717) is 29.6 Å². The summed E-state index contributed by atoms with van der Waals surface area (Å²) < 4.78 is 1.92. The number of aromatic nitrogens is 1. The van der Waals surface area contributed by atoms with Gasteiger partial charge in [0.1, 0.15) is 0 Å². The normalized spacial score (nSPS) is 11.3. The first-order valence-corrected chi connectivity index (χ1v) is 12.3. The van der Waals surface area contributed by atoms with Crippen LogP contribution in [-0.2, 0) is 17.8 Å². The Morgan fingerprint density at radius 1 is 0.914 bits per heavy atom. The predicted octanol–water partition coefficient (Wildman–Crippen LogP) is 6.95. The first kappa shape index (κ1) is 23.4. The van der Waals surface area contributed by atoms with Crippen LogP contribution in [0.5, 0.6) is 0 Å². The van der Waals surface area contributed by atoms with E-state index in [1.54, 1.807) is 24.1 Å². The van der Waals surface area contributed by atoms with Crippen LogP contribution in [0.2, 0.25) is 10.0 Å². The summed E-state index contributed by atoms with van der Waals surface area (Å²) in [6.07, 6.45) is 2.71. The summed E-state index contributed by atoms with van der Waals surface area (Å²) in [5.41, 5.74) is 11.1. The predicted molar refractivity (Wildman–Crippen MR) is 147 cm³/mol. The minimum Gasteiger partial charge on any atom is -0.330 e. The molecule has 4 nitrogen and oxygen atoms in total. The fraction of sp³-hybridized carbons (Fsp3) is 0.138. The number of nitrogens with two attached hydrogens (primary N) is 1. The first-order valence-electron chi connectivity index (χ1n) is 11.5. The SMILES string of the molecule is CC(=O)N(Cc1ccc(Cl)cc1Cl)n1cc(CCN)c2cc(-c3cccc4ccccc34)ccc21. The summed E-state index contributed by atoms with van der Waals surface area (Å²) in [6.45, 7) is 2.39. The smallest absolute Gasteiger partial charge is 0.238 e. The van der Waals surface area contributed by atoms with Crippen LogP contribution in [0.1, 0.15) is 18.1 Å². The highest BCUT2D eigenvalue weighted by Gasteiger charge is 2.19. The Hall–Kier alpha value is -3.31. The van der Waals surface area contributed by atoms with Gasteiger partial charge in [-0.05, 0) is 70.3 Å². The summed E-state index contributed by atoms with van der Waals surface area (Å²) in [7, 11) is 0. The van der Waals surface area contributed by atoms with Gasteiger partial charge in [-0.2, -0.15) is 0 Å². The van der Waals surface area contributed by atoms with Crippen molar-refractivity contribution < 1.29 is 4.79 Å². The van der Waals surface area contributed by atoms with E-state index in [4.69, 9.17) is 28.9 Å². The van der Waals surface area contributed by atoms with E-state index >= 15 is 0 Å². The van der Waals surface area contributed by atoms with Crippen molar-refractivity contribution >= 4 is 50.8 Å². The van der Waals surface area contributed by atoms with Crippen LogP contribution in [0.3, 0.4) is 0 Å². The Kier molecular flexibility index (Phi) is 6.52. The van der Waals surface area contributed by atoms with Crippen LogP contribution in [0.25, 0.3) is 32.8 Å². The monoisotopic (exact) mass is 501 g/mol. The van der Waals surface area contributed by atoms with E-state index in [-0.39, 0.29) is 5.91 Å². The fourth-order valence-corrected chi connectivity index (χ4v) is 5.10. The maximum absolute atomic E-state index is 12.8. The van der Waals surface area contributed by atoms with Crippen molar-refractivity contribution in [2.45, 2.75) is 19.9 Å². The summed E-state index contributed by atoms with van der Waals surface area (Å²) in [5, 5.41) is 6.26. The van der Waals surface area contributed by atoms with Crippen LogP contribution in [-0.4, -0.2) is 17.1 Å². The molecule has 176 valence electrons. The van der Waals surface area contributed by atoms with Crippen LogP contribution in [0.15, 0.2) is 85.1 Å². The topological polar surface area (TPSA) is 51.3 Å². The van der Waals surface area contributed by atoms with Crippen molar-refractivity contribution in [3.63, 3.8) is 0 Å². The van der Waals surface area contributed by atoms with Crippen molar-refractivity contribution in [3.8, 4) is 11.1 Å². The molecule has 35 heavy (non-hydrogen) atoms. The Labute approximate surface area is 214 Å². The molecule has 4 aromatic carbocycles. The molecule has 0 saturated heterocycles. The minimum atomic E-state index is -0.0923. The van der Waals surface area contributed by atoms with Crippen molar-refractivity contribution in [1.29, 1.82) is 0 Å². The molecule has 0 saturated carbocycles. The van der Waals surface area contributed by atoms with E-state index in [1.807, 2.05) is 16.9 Å². The molecule has 0 radical (unpaired) electrons. The second-order valence-corrected chi connectivity index (χ2v) is 9.45. The van der Waals surface area contributed by atoms with Gasteiger partial charge >= 0.3 is 0 Å². The first-order chi connectivity index (χ1) is 17.0. The number of hydrogen-bond acceptors (Lipinski definition) is 2. The van der Waals surface area contributed by atoms with Crippen LogP contribution >= 0.6 is 23.2 Å². The quantitative estimate of drug-likeness (QED) is 0.273. The molecule has 5 aromatic rings. The van der Waals surface area contributed by atoms with Gasteiger partial charge in [0.2, 0.25) is 5.91 Å². The highest BCUT2D eigenvalue weighted by Crippen LogP contribution is 2.33. The molecule has 0 fully saturated rings. The van der Waals surface area contributed by atoms with E-state index < -0.39 is 0 Å². The van der Waals surface area contributed by atoms with Crippen LogP contribution in [0.4, 0.5) is 0 Å². The molecule has 2 N–H and O–H groups in total. The molecule has 0 aliphatic heterocycles. The zero-order valence-electron chi connectivity index (χ0n) is 19.3. The average molecular weight is 502 g/mol. The summed E-state index contributed by atoms with van der Waals surface area (Å²) >= 11 is 12.5. The average Bonchev–Trinajstić information content (AvgIpc) is 3.20. The number of benzene rings is 4. The van der Waals surface area contributed by atoms with Gasteiger partial charge in [0.05, 0.1) is 12.1 Å². The third kappa shape index (κ3) is 4.53. The lowest BCUT2D eigenvalue weighted by Gasteiger charge is -2.24. The van der Waals surface area contributed by atoms with Crippen LogP contribution in [0, 0.1) is 0 Å². The molecule has 6 heteroatoms. The van der Waals surface area contributed by atoms with Gasteiger partial charge in [-0.1, -0.05) is 77.8 Å². The molecule has 0 aliphatic carbocycles. The van der Waals surface area contributed by atoms with E-state index in [1.165, 1.54) is 16.3 Å². The van der Waals surface area contributed by atoms with Gasteiger partial charge in [-0.3, -0.25) is 9.47 Å². The second-order valence-electron chi connectivity index (χ2n) is 8.61. The molecule has 0 aliphatic rings. The number of rotatable bonds is 6. The number of hydrogen-bond donors (Lipinski definition) is 1. The third-order valence-electron chi connectivity index (χ3n) is 6.34. The molecule has 1 heterocycles. The number of fused-ring (bicyclic) bond motifs is 2. The third-order valence-corrected chi connectivity index (χ3v) is 6.93. The van der Waals surface area contributed by atoms with Gasteiger partial charge in [-0.15, -0.1) is 0 Å². The zero-order valence-corrected chi connectivity index (χ0v) is 20.9. The minimum absolute atomic E-state index is 0.0923. The Bertz CT molecular complexity index is 1550. The lowest BCUT2D eigenvalue weighted by molar-refractivity contribution is -0.118. The zero-order chi connectivity index (χ0) is 24.5. The summed E-state index contributed by atoms with van der Waals surface area (Å²) in [4.78, 5) is 12.8. The molecule has 0 unspecified atom stereocenters. The molecule has 0 bridgehead atoms. The standard InChI is InChI=1S/C29H25Cl2N3O/c1-19(35)33(18-23-9-11-24(30)16-28(23)31)34-17-22(13-14-32)27-15-21(10-12-29(27)34)26-8-4-6-20-5-2-3-7-25(20)26/h2-12,15-17H,13-14,18,32H2,1H3. The number of nitrogens with zero attached hydrogens (tertiary/aromatic N) is 2. The number of amides is 1. The number of carbonyl (C=O) groups is 1. The maximum atomic E-state index is 12.8. The molecule has 5 rings (SSSR count). The van der Waals surface area contributed by atoms with E-state index in [0.717, 1.165) is 27.6 Å². The van der Waals surface area contributed by atoms with Gasteiger partial charge in [0, 0.05) is 28.6 Å². The Morgan fingerprint density at radius 2 is 1.71 bits per heavy atom. The highest BCUT2D eigenvalue weighted by molar-refractivity contribution is 6.35. The van der Waals surface area contributed by atoms with Crippen molar-refractivity contribution in [2.75, 3.05) is 11.6 Å². The fourth-order valence-electron chi connectivity index (χ4n) is 4.63. The summed E-state index contributed by atoms with van der Waals surface area (Å²) in [6, 6.07) is 26.5. The Morgan fingerprint density at radius 3 is 2.49 bits per heavy atom. The molecule has 0 spiro atoms.